The summed E-state index contributed by atoms with van der Waals surface area (Å²) in [5, 5.41) is 3.74. The highest BCUT2D eigenvalue weighted by Crippen LogP contribution is 2.32. The second-order valence-electron chi connectivity index (χ2n) is 5.27. The van der Waals surface area contributed by atoms with Gasteiger partial charge in [0.25, 0.3) is 0 Å². The fourth-order valence-electron chi connectivity index (χ4n) is 3.10. The average molecular weight is 272 g/mol. The molecule has 2 nitrogen and oxygen atoms in total. The van der Waals surface area contributed by atoms with E-state index in [-0.39, 0.29) is 0 Å². The van der Waals surface area contributed by atoms with E-state index in [2.05, 4.69) is 59.0 Å². The molecule has 2 aromatic heterocycles. The molecule has 0 atom stereocenters. The number of fused-ring (bicyclic) bond motifs is 4. The van der Waals surface area contributed by atoms with Gasteiger partial charge in [0, 0.05) is 44.0 Å². The van der Waals surface area contributed by atoms with E-state index >= 15 is 0 Å². The summed E-state index contributed by atoms with van der Waals surface area (Å²) >= 11 is 0. The van der Waals surface area contributed by atoms with E-state index in [1.54, 1.807) is 0 Å². The highest BCUT2D eigenvalue weighted by atomic mass is 14.7. The first-order chi connectivity index (χ1) is 10.3. The third-order valence-electron chi connectivity index (χ3n) is 4.03. The Morgan fingerprint density at radius 2 is 1.71 bits per heavy atom. The fourth-order valence-corrected chi connectivity index (χ4v) is 3.10. The van der Waals surface area contributed by atoms with Crippen LogP contribution in [0.4, 0.5) is 0 Å². The number of rotatable bonds is 2. The number of benzene rings is 2. The van der Waals surface area contributed by atoms with Crippen LogP contribution in [-0.2, 0) is 0 Å². The SMILES string of the molecule is C=Cc1c(/C=C\C)[nH]c2cc3[nH]c4ccccc4c3cc12. The molecule has 4 aromatic rings. The van der Waals surface area contributed by atoms with E-state index in [4.69, 9.17) is 0 Å². The Morgan fingerprint density at radius 3 is 2.52 bits per heavy atom. The third-order valence-corrected chi connectivity index (χ3v) is 4.03. The zero-order chi connectivity index (χ0) is 14.4. The summed E-state index contributed by atoms with van der Waals surface area (Å²) in [6.07, 6.45) is 6.05. The molecule has 0 saturated carbocycles. The first-order valence-electron chi connectivity index (χ1n) is 7.13. The summed E-state index contributed by atoms with van der Waals surface area (Å²) < 4.78 is 0. The van der Waals surface area contributed by atoms with Crippen molar-refractivity contribution in [3.05, 3.63) is 60.3 Å². The van der Waals surface area contributed by atoms with Crippen LogP contribution >= 0.6 is 0 Å². The first-order valence-corrected chi connectivity index (χ1v) is 7.13. The summed E-state index contributed by atoms with van der Waals surface area (Å²) in [5.74, 6) is 0. The number of hydrogen-bond acceptors (Lipinski definition) is 0. The molecule has 0 spiro atoms. The maximum atomic E-state index is 3.96. The summed E-state index contributed by atoms with van der Waals surface area (Å²) in [7, 11) is 0. The van der Waals surface area contributed by atoms with Crippen LogP contribution in [0.3, 0.4) is 0 Å². The van der Waals surface area contributed by atoms with Crippen LogP contribution in [0.1, 0.15) is 18.2 Å². The smallest absolute Gasteiger partial charge is 0.0486 e. The van der Waals surface area contributed by atoms with Crippen LogP contribution in [-0.4, -0.2) is 9.97 Å². The van der Waals surface area contributed by atoms with Crippen molar-refractivity contribution in [2.24, 2.45) is 0 Å². The second-order valence-corrected chi connectivity index (χ2v) is 5.27. The van der Waals surface area contributed by atoms with Crippen LogP contribution in [0.2, 0.25) is 0 Å². The van der Waals surface area contributed by atoms with Gasteiger partial charge in [0.2, 0.25) is 0 Å². The standard InChI is InChI=1S/C19H16N2/c1-3-7-16-12(4-2)14-10-15-13-8-5-6-9-17(13)21-19(15)11-18(14)20-16/h3-11,20-21H,2H2,1H3/b7-3-. The highest BCUT2D eigenvalue weighted by molar-refractivity contribution is 6.13. The molecule has 4 rings (SSSR count). The van der Waals surface area contributed by atoms with Gasteiger partial charge in [-0.15, -0.1) is 0 Å². The van der Waals surface area contributed by atoms with Crippen molar-refractivity contribution < 1.29 is 0 Å². The van der Waals surface area contributed by atoms with Crippen molar-refractivity contribution in [2.75, 3.05) is 0 Å². The van der Waals surface area contributed by atoms with Crippen molar-refractivity contribution in [3.63, 3.8) is 0 Å². The third kappa shape index (κ3) is 1.66. The number of aromatic amines is 2. The molecule has 0 unspecified atom stereocenters. The molecule has 0 bridgehead atoms. The molecule has 21 heavy (non-hydrogen) atoms. The van der Waals surface area contributed by atoms with E-state index in [1.807, 2.05) is 19.1 Å². The lowest BCUT2D eigenvalue weighted by molar-refractivity contribution is 1.42. The van der Waals surface area contributed by atoms with Gasteiger partial charge in [-0.3, -0.25) is 0 Å². The molecular weight excluding hydrogens is 256 g/mol. The van der Waals surface area contributed by atoms with Crippen molar-refractivity contribution in [1.29, 1.82) is 0 Å². The van der Waals surface area contributed by atoms with Crippen LogP contribution in [0.5, 0.6) is 0 Å². The van der Waals surface area contributed by atoms with E-state index in [1.165, 1.54) is 21.7 Å². The number of hydrogen-bond donors (Lipinski definition) is 2. The maximum absolute atomic E-state index is 3.96. The minimum Gasteiger partial charge on any atom is -0.354 e. The lowest BCUT2D eigenvalue weighted by Crippen LogP contribution is -1.73. The number of nitrogens with one attached hydrogen (secondary N) is 2. The quantitative estimate of drug-likeness (QED) is 0.484. The van der Waals surface area contributed by atoms with Crippen molar-refractivity contribution in [3.8, 4) is 0 Å². The largest absolute Gasteiger partial charge is 0.354 e. The Hall–Kier alpha value is -2.74. The Morgan fingerprint density at radius 1 is 0.905 bits per heavy atom. The molecule has 0 radical (unpaired) electrons. The molecule has 0 fully saturated rings. The topological polar surface area (TPSA) is 31.6 Å². The zero-order valence-electron chi connectivity index (χ0n) is 11.9. The normalized spacial score (nSPS) is 12.0. The fraction of sp³-hybridized carbons (Fsp3) is 0.0526. The molecule has 2 heteroatoms. The summed E-state index contributed by atoms with van der Waals surface area (Å²) in [6.45, 7) is 5.99. The predicted octanol–water partition coefficient (Wildman–Crippen LogP) is 5.48. The van der Waals surface area contributed by atoms with Gasteiger partial charge in [-0.1, -0.05) is 36.9 Å². The Balaban J connectivity index is 2.16. The van der Waals surface area contributed by atoms with Crippen molar-refractivity contribution in [2.45, 2.75) is 6.92 Å². The maximum Gasteiger partial charge on any atom is 0.0486 e. The monoisotopic (exact) mass is 272 g/mol. The molecular formula is C19H16N2. The molecule has 0 aliphatic rings. The van der Waals surface area contributed by atoms with Gasteiger partial charge in [0.1, 0.15) is 0 Å². The molecule has 0 saturated heterocycles. The minimum absolute atomic E-state index is 1.11. The number of para-hydroxylation sites is 1. The number of aromatic nitrogens is 2. The molecule has 2 aromatic carbocycles. The van der Waals surface area contributed by atoms with E-state index in [0.717, 1.165) is 22.3 Å². The molecule has 2 heterocycles. The van der Waals surface area contributed by atoms with E-state index in [0.29, 0.717) is 0 Å². The summed E-state index contributed by atoms with van der Waals surface area (Å²) in [5.41, 5.74) is 5.74. The zero-order valence-corrected chi connectivity index (χ0v) is 11.9. The molecule has 102 valence electrons. The van der Waals surface area contributed by atoms with E-state index in [9.17, 15) is 0 Å². The van der Waals surface area contributed by atoms with E-state index < -0.39 is 0 Å². The van der Waals surface area contributed by atoms with Gasteiger partial charge < -0.3 is 9.97 Å². The molecule has 0 aliphatic heterocycles. The molecule has 0 aliphatic carbocycles. The van der Waals surface area contributed by atoms with Gasteiger partial charge in [-0.05, 0) is 31.2 Å². The van der Waals surface area contributed by atoms with Gasteiger partial charge in [-0.25, -0.2) is 0 Å². The summed E-state index contributed by atoms with van der Waals surface area (Å²) in [4.78, 5) is 6.96. The molecule has 2 N–H and O–H groups in total. The van der Waals surface area contributed by atoms with Crippen LogP contribution in [0.15, 0.2) is 49.1 Å². The van der Waals surface area contributed by atoms with Crippen LogP contribution in [0, 0.1) is 0 Å². The Kier molecular flexibility index (Phi) is 2.51. The van der Waals surface area contributed by atoms with Gasteiger partial charge in [-0.2, -0.15) is 0 Å². The highest BCUT2D eigenvalue weighted by Gasteiger charge is 2.10. The first kappa shape index (κ1) is 12.0. The summed E-state index contributed by atoms with van der Waals surface area (Å²) in [6, 6.07) is 12.9. The van der Waals surface area contributed by atoms with Gasteiger partial charge >= 0.3 is 0 Å². The van der Waals surface area contributed by atoms with Crippen LogP contribution in [0.25, 0.3) is 44.9 Å². The van der Waals surface area contributed by atoms with Gasteiger partial charge in [0.15, 0.2) is 0 Å². The average Bonchev–Trinajstić information content (AvgIpc) is 3.02. The predicted molar refractivity (Wildman–Crippen MR) is 92.5 cm³/mol. The Labute approximate surface area is 122 Å². The van der Waals surface area contributed by atoms with Gasteiger partial charge in [0.05, 0.1) is 0 Å². The lowest BCUT2D eigenvalue weighted by atomic mass is 10.1. The van der Waals surface area contributed by atoms with Crippen molar-refractivity contribution >= 4 is 44.9 Å². The van der Waals surface area contributed by atoms with Crippen molar-refractivity contribution in [1.82, 2.24) is 9.97 Å². The molecule has 0 amide bonds. The number of allylic oxidation sites excluding steroid dienone is 1. The lowest BCUT2D eigenvalue weighted by Gasteiger charge is -1.95. The minimum atomic E-state index is 1.11. The Bertz CT molecular complexity index is 1010. The number of H-pyrrole nitrogens is 2. The van der Waals surface area contributed by atoms with Crippen LogP contribution < -0.4 is 0 Å². The second kappa shape index (κ2) is 4.38.